The highest BCUT2D eigenvalue weighted by molar-refractivity contribution is 7.11. The Bertz CT molecular complexity index is 803. The van der Waals surface area contributed by atoms with E-state index in [2.05, 4.69) is 39.2 Å². The van der Waals surface area contributed by atoms with Gasteiger partial charge in [0.05, 0.1) is 19.2 Å². The minimum atomic E-state index is 0.775. The summed E-state index contributed by atoms with van der Waals surface area (Å²) >= 11 is 1.80. The Kier molecular flexibility index (Phi) is 6.55. The first-order valence-corrected chi connectivity index (χ1v) is 10.1. The van der Waals surface area contributed by atoms with Crippen molar-refractivity contribution in [1.29, 1.82) is 0 Å². The van der Waals surface area contributed by atoms with Crippen molar-refractivity contribution in [2.45, 2.75) is 32.7 Å². The van der Waals surface area contributed by atoms with Crippen LogP contribution in [0.3, 0.4) is 0 Å². The minimum absolute atomic E-state index is 0.775. The van der Waals surface area contributed by atoms with Gasteiger partial charge in [-0.15, -0.1) is 11.3 Å². The number of benzene rings is 1. The molecule has 0 spiro atoms. The van der Waals surface area contributed by atoms with Gasteiger partial charge >= 0.3 is 0 Å². The van der Waals surface area contributed by atoms with Crippen LogP contribution in [0, 0.1) is 0 Å². The standard InChI is InChI=1S/C20H28N4O2S/c1-5-16-12-23-19(27-16)6-8-22-20(21-2)24-9-7-14-10-17(25-3)18(26-4)11-15(14)13-24/h10-12H,5-9,13H2,1-4H3,(H,21,22). The highest BCUT2D eigenvalue weighted by atomic mass is 32.1. The molecule has 0 radical (unpaired) electrons. The molecule has 6 nitrogen and oxygen atoms in total. The fourth-order valence-corrected chi connectivity index (χ4v) is 4.17. The van der Waals surface area contributed by atoms with Crippen LogP contribution < -0.4 is 14.8 Å². The first kappa shape index (κ1) is 19.5. The fraction of sp³-hybridized carbons (Fsp3) is 0.500. The van der Waals surface area contributed by atoms with Gasteiger partial charge in [-0.1, -0.05) is 6.92 Å². The highest BCUT2D eigenvalue weighted by Gasteiger charge is 2.21. The summed E-state index contributed by atoms with van der Waals surface area (Å²) in [6.45, 7) is 4.74. The van der Waals surface area contributed by atoms with Gasteiger partial charge in [0.25, 0.3) is 0 Å². The molecule has 0 atom stereocenters. The Labute approximate surface area is 165 Å². The van der Waals surface area contributed by atoms with Crippen molar-refractivity contribution in [3.63, 3.8) is 0 Å². The number of guanidine groups is 1. The topological polar surface area (TPSA) is 59.0 Å². The van der Waals surface area contributed by atoms with Crippen LogP contribution in [0.15, 0.2) is 23.3 Å². The van der Waals surface area contributed by atoms with E-state index in [0.717, 1.165) is 56.4 Å². The van der Waals surface area contributed by atoms with E-state index in [-0.39, 0.29) is 0 Å². The summed E-state index contributed by atoms with van der Waals surface area (Å²) in [6.07, 6.45) is 4.91. The van der Waals surface area contributed by atoms with Crippen molar-refractivity contribution in [3.05, 3.63) is 39.3 Å². The van der Waals surface area contributed by atoms with Crippen molar-refractivity contribution < 1.29 is 9.47 Å². The number of rotatable bonds is 6. The van der Waals surface area contributed by atoms with Crippen LogP contribution in [0.5, 0.6) is 11.5 Å². The third-order valence-corrected chi connectivity index (χ3v) is 6.00. The van der Waals surface area contributed by atoms with Gasteiger partial charge in [0.2, 0.25) is 0 Å². The number of ether oxygens (including phenoxy) is 2. The lowest BCUT2D eigenvalue weighted by atomic mass is 9.99. The summed E-state index contributed by atoms with van der Waals surface area (Å²) in [5.41, 5.74) is 2.57. The number of fused-ring (bicyclic) bond motifs is 1. The van der Waals surface area contributed by atoms with Gasteiger partial charge < -0.3 is 19.7 Å². The van der Waals surface area contributed by atoms with Gasteiger partial charge in [0, 0.05) is 44.2 Å². The zero-order chi connectivity index (χ0) is 19.2. The molecule has 1 aliphatic heterocycles. The van der Waals surface area contributed by atoms with E-state index in [0.29, 0.717) is 0 Å². The molecule has 2 aromatic rings. The highest BCUT2D eigenvalue weighted by Crippen LogP contribution is 2.33. The second kappa shape index (κ2) is 9.08. The summed E-state index contributed by atoms with van der Waals surface area (Å²) in [5, 5.41) is 4.66. The van der Waals surface area contributed by atoms with Gasteiger partial charge in [0.15, 0.2) is 17.5 Å². The molecule has 0 aliphatic carbocycles. The van der Waals surface area contributed by atoms with E-state index >= 15 is 0 Å². The predicted octanol–water partition coefficient (Wildman–Crippen LogP) is 2.90. The maximum absolute atomic E-state index is 5.45. The average molecular weight is 389 g/mol. The maximum atomic E-state index is 5.45. The number of hydrogen-bond acceptors (Lipinski definition) is 5. The summed E-state index contributed by atoms with van der Waals surface area (Å²) in [7, 11) is 5.19. The second-order valence-electron chi connectivity index (χ2n) is 6.45. The molecule has 1 aliphatic rings. The third kappa shape index (κ3) is 4.53. The second-order valence-corrected chi connectivity index (χ2v) is 7.65. The van der Waals surface area contributed by atoms with E-state index in [1.165, 1.54) is 21.0 Å². The number of hydrogen-bond donors (Lipinski definition) is 1. The molecule has 0 saturated carbocycles. The first-order valence-electron chi connectivity index (χ1n) is 9.31. The lowest BCUT2D eigenvalue weighted by Crippen LogP contribution is -2.44. The zero-order valence-electron chi connectivity index (χ0n) is 16.5. The minimum Gasteiger partial charge on any atom is -0.493 e. The lowest BCUT2D eigenvalue weighted by molar-refractivity contribution is 0.346. The first-order chi connectivity index (χ1) is 13.2. The molecule has 0 bridgehead atoms. The van der Waals surface area contributed by atoms with Crippen LogP contribution in [-0.2, 0) is 25.8 Å². The summed E-state index contributed by atoms with van der Waals surface area (Å²) in [6, 6.07) is 4.17. The Morgan fingerprint density at radius 1 is 1.26 bits per heavy atom. The van der Waals surface area contributed by atoms with Crippen LogP contribution in [0.1, 0.15) is 27.9 Å². The van der Waals surface area contributed by atoms with Gasteiger partial charge in [-0.25, -0.2) is 4.98 Å². The number of nitrogens with one attached hydrogen (secondary N) is 1. The zero-order valence-corrected chi connectivity index (χ0v) is 17.4. The molecular formula is C20H28N4O2S. The van der Waals surface area contributed by atoms with Crippen molar-refractivity contribution in [1.82, 2.24) is 15.2 Å². The molecule has 1 aromatic heterocycles. The molecule has 27 heavy (non-hydrogen) atoms. The number of methoxy groups -OCH3 is 2. The van der Waals surface area contributed by atoms with Crippen molar-refractivity contribution in [2.24, 2.45) is 4.99 Å². The molecule has 1 N–H and O–H groups in total. The molecule has 0 unspecified atom stereocenters. The Hall–Kier alpha value is -2.28. The maximum Gasteiger partial charge on any atom is 0.193 e. The van der Waals surface area contributed by atoms with Gasteiger partial charge in [0.1, 0.15) is 0 Å². The summed E-state index contributed by atoms with van der Waals surface area (Å²) in [5.74, 6) is 2.50. The number of thiazole rings is 1. The molecule has 1 aromatic carbocycles. The molecule has 0 amide bonds. The Balaban J connectivity index is 1.62. The van der Waals surface area contributed by atoms with Crippen LogP contribution in [0.2, 0.25) is 0 Å². The molecule has 7 heteroatoms. The molecule has 0 saturated heterocycles. The van der Waals surface area contributed by atoms with E-state index in [1.54, 1.807) is 25.6 Å². The van der Waals surface area contributed by atoms with Gasteiger partial charge in [-0.2, -0.15) is 0 Å². The van der Waals surface area contributed by atoms with Crippen LogP contribution in [0.4, 0.5) is 0 Å². The number of aryl methyl sites for hydroxylation is 1. The van der Waals surface area contributed by atoms with Crippen molar-refractivity contribution >= 4 is 17.3 Å². The predicted molar refractivity (Wildman–Crippen MR) is 110 cm³/mol. The van der Waals surface area contributed by atoms with Crippen LogP contribution in [0.25, 0.3) is 0 Å². The third-order valence-electron chi connectivity index (χ3n) is 4.80. The van der Waals surface area contributed by atoms with Gasteiger partial charge in [-0.05, 0) is 36.1 Å². The normalized spacial score (nSPS) is 14.1. The SMILES string of the molecule is CCc1cnc(CCNC(=NC)N2CCc3cc(OC)c(OC)cc3C2)s1. The van der Waals surface area contributed by atoms with Crippen molar-refractivity contribution in [2.75, 3.05) is 34.4 Å². The van der Waals surface area contributed by atoms with Crippen molar-refractivity contribution in [3.8, 4) is 11.5 Å². The smallest absolute Gasteiger partial charge is 0.193 e. The van der Waals surface area contributed by atoms with Crippen LogP contribution >= 0.6 is 11.3 Å². The van der Waals surface area contributed by atoms with E-state index < -0.39 is 0 Å². The number of nitrogens with zero attached hydrogens (tertiary/aromatic N) is 3. The summed E-state index contributed by atoms with van der Waals surface area (Å²) < 4.78 is 10.9. The average Bonchev–Trinajstić information content (AvgIpc) is 3.17. The molecule has 2 heterocycles. The molecular weight excluding hydrogens is 360 g/mol. The Morgan fingerprint density at radius 3 is 2.63 bits per heavy atom. The van der Waals surface area contributed by atoms with Gasteiger partial charge in [-0.3, -0.25) is 4.99 Å². The number of aromatic nitrogens is 1. The Morgan fingerprint density at radius 2 is 2.00 bits per heavy atom. The fourth-order valence-electron chi connectivity index (χ4n) is 3.30. The molecule has 0 fully saturated rings. The van der Waals surface area contributed by atoms with E-state index in [1.807, 2.05) is 13.2 Å². The summed E-state index contributed by atoms with van der Waals surface area (Å²) in [4.78, 5) is 12.6. The molecule has 3 rings (SSSR count). The largest absolute Gasteiger partial charge is 0.493 e. The molecule has 146 valence electrons. The monoisotopic (exact) mass is 388 g/mol. The van der Waals surface area contributed by atoms with E-state index in [4.69, 9.17) is 9.47 Å². The van der Waals surface area contributed by atoms with Crippen LogP contribution in [-0.4, -0.2) is 50.2 Å². The quantitative estimate of drug-likeness (QED) is 0.609. The lowest BCUT2D eigenvalue weighted by Gasteiger charge is -2.32. The van der Waals surface area contributed by atoms with E-state index in [9.17, 15) is 0 Å². The number of aliphatic imine (C=N–C) groups is 1.